The fourth-order valence-corrected chi connectivity index (χ4v) is 3.12. The van der Waals surface area contributed by atoms with E-state index in [-0.39, 0.29) is 24.3 Å². The van der Waals surface area contributed by atoms with Gasteiger partial charge in [-0.2, -0.15) is 4.98 Å². The zero-order valence-corrected chi connectivity index (χ0v) is 16.6. The van der Waals surface area contributed by atoms with Crippen LogP contribution in [0.25, 0.3) is 11.2 Å². The molecule has 0 unspecified atom stereocenters. The van der Waals surface area contributed by atoms with Crippen molar-refractivity contribution in [1.82, 2.24) is 18.7 Å². The van der Waals surface area contributed by atoms with Gasteiger partial charge in [-0.05, 0) is 19.1 Å². The lowest BCUT2D eigenvalue weighted by atomic mass is 10.3. The predicted octanol–water partition coefficient (Wildman–Crippen LogP) is 0.959. The third-order valence-corrected chi connectivity index (χ3v) is 4.66. The molecule has 0 saturated carbocycles. The maximum Gasteiger partial charge on any atom is 0.332 e. The maximum absolute atomic E-state index is 12.7. The van der Waals surface area contributed by atoms with Crippen molar-refractivity contribution in [2.75, 3.05) is 18.5 Å². The first-order valence-corrected chi connectivity index (χ1v) is 9.18. The molecule has 1 atom stereocenters. The minimum absolute atomic E-state index is 0.0267. The van der Waals surface area contributed by atoms with Gasteiger partial charge in [-0.25, -0.2) is 4.79 Å². The highest BCUT2D eigenvalue weighted by molar-refractivity contribution is 6.32. The van der Waals surface area contributed by atoms with Gasteiger partial charge in [0.05, 0.1) is 11.6 Å². The smallest absolute Gasteiger partial charge is 0.332 e. The first kappa shape index (κ1) is 20.0. The summed E-state index contributed by atoms with van der Waals surface area (Å²) in [6.07, 6.45) is -0.937. The van der Waals surface area contributed by atoms with Crippen molar-refractivity contribution in [2.24, 2.45) is 14.1 Å². The van der Waals surface area contributed by atoms with Crippen molar-refractivity contribution >= 4 is 28.7 Å². The van der Waals surface area contributed by atoms with Gasteiger partial charge in [0, 0.05) is 20.6 Å². The molecule has 0 bridgehead atoms. The maximum atomic E-state index is 12.7. The quantitative estimate of drug-likeness (QED) is 0.604. The van der Waals surface area contributed by atoms with Gasteiger partial charge in [0.2, 0.25) is 5.95 Å². The van der Waals surface area contributed by atoms with E-state index in [1.165, 1.54) is 11.6 Å². The number of halogens is 1. The average Bonchev–Trinajstić information content (AvgIpc) is 3.02. The summed E-state index contributed by atoms with van der Waals surface area (Å²) in [5.74, 6) is 0.858. The van der Waals surface area contributed by atoms with Crippen LogP contribution in [0, 0.1) is 0 Å². The number of benzene rings is 1. The van der Waals surface area contributed by atoms with Crippen molar-refractivity contribution in [1.29, 1.82) is 0 Å². The molecular weight excluding hydrogens is 386 g/mol. The molecule has 0 aliphatic rings. The molecule has 0 aliphatic carbocycles. The van der Waals surface area contributed by atoms with E-state index in [2.05, 4.69) is 10.3 Å². The van der Waals surface area contributed by atoms with Crippen LogP contribution < -0.4 is 21.3 Å². The molecule has 0 radical (unpaired) electrons. The van der Waals surface area contributed by atoms with Crippen molar-refractivity contribution in [3.8, 4) is 5.75 Å². The van der Waals surface area contributed by atoms with Gasteiger partial charge in [-0.1, -0.05) is 23.7 Å². The first-order valence-electron chi connectivity index (χ1n) is 8.80. The van der Waals surface area contributed by atoms with E-state index < -0.39 is 17.4 Å². The zero-order valence-electron chi connectivity index (χ0n) is 15.8. The molecule has 150 valence electrons. The standard InChI is InChI=1S/C18H22ClN5O4/c1-4-20-17-21-15-14(16(26)23(3)18(27)22(15)2)24(17)9-11(25)10-28-13-8-6-5-7-12(13)19/h5-8,11,25H,4,9-10H2,1-3H3,(H,20,21)/t11-/m0/s1. The van der Waals surface area contributed by atoms with Crippen LogP contribution in [0.15, 0.2) is 33.9 Å². The Labute approximate surface area is 165 Å². The molecule has 0 fully saturated rings. The van der Waals surface area contributed by atoms with E-state index in [4.69, 9.17) is 16.3 Å². The average molecular weight is 408 g/mol. The van der Waals surface area contributed by atoms with Gasteiger partial charge in [0.1, 0.15) is 18.5 Å². The normalized spacial score (nSPS) is 12.3. The van der Waals surface area contributed by atoms with Crippen LogP contribution in [0.4, 0.5) is 5.95 Å². The Balaban J connectivity index is 1.95. The predicted molar refractivity (Wildman–Crippen MR) is 107 cm³/mol. The zero-order chi connectivity index (χ0) is 20.4. The van der Waals surface area contributed by atoms with Crippen molar-refractivity contribution in [3.63, 3.8) is 0 Å². The van der Waals surface area contributed by atoms with Gasteiger partial charge in [-0.3, -0.25) is 13.9 Å². The van der Waals surface area contributed by atoms with Crippen LogP contribution in [0.3, 0.4) is 0 Å². The second kappa shape index (κ2) is 8.07. The Bertz CT molecular complexity index is 1120. The molecule has 28 heavy (non-hydrogen) atoms. The van der Waals surface area contributed by atoms with Gasteiger partial charge in [0.15, 0.2) is 11.2 Å². The number of nitrogens with one attached hydrogen (secondary N) is 1. The van der Waals surface area contributed by atoms with Crippen LogP contribution in [0.1, 0.15) is 6.92 Å². The summed E-state index contributed by atoms with van der Waals surface area (Å²) in [7, 11) is 2.96. The summed E-state index contributed by atoms with van der Waals surface area (Å²) in [4.78, 5) is 29.2. The molecule has 2 N–H and O–H groups in total. The summed E-state index contributed by atoms with van der Waals surface area (Å²) in [5, 5.41) is 14.0. The number of aliphatic hydroxyl groups excluding tert-OH is 1. The van der Waals surface area contributed by atoms with Crippen molar-refractivity contribution in [2.45, 2.75) is 19.6 Å². The molecule has 3 aromatic rings. The molecular formula is C18H22ClN5O4. The highest BCUT2D eigenvalue weighted by Crippen LogP contribution is 2.23. The SMILES string of the molecule is CCNc1nc2c(c(=O)n(C)c(=O)n2C)n1C[C@H](O)COc1ccccc1Cl. The largest absolute Gasteiger partial charge is 0.489 e. The highest BCUT2D eigenvalue weighted by Gasteiger charge is 2.21. The Morgan fingerprint density at radius 2 is 1.96 bits per heavy atom. The van der Waals surface area contributed by atoms with E-state index in [1.807, 2.05) is 6.92 Å². The fraction of sp³-hybridized carbons (Fsp3) is 0.389. The van der Waals surface area contributed by atoms with E-state index in [0.717, 1.165) is 4.57 Å². The van der Waals surface area contributed by atoms with Gasteiger partial charge < -0.3 is 19.7 Å². The Morgan fingerprint density at radius 3 is 2.64 bits per heavy atom. The summed E-state index contributed by atoms with van der Waals surface area (Å²) < 4.78 is 9.48. The van der Waals surface area contributed by atoms with Crippen LogP contribution in [-0.4, -0.2) is 43.0 Å². The third kappa shape index (κ3) is 3.63. The summed E-state index contributed by atoms with van der Waals surface area (Å²) in [6, 6.07) is 6.97. The molecule has 0 amide bonds. The Hall–Kier alpha value is -2.78. The number of aryl methyl sites for hydroxylation is 1. The number of rotatable bonds is 7. The summed E-state index contributed by atoms with van der Waals surface area (Å²) in [6.45, 7) is 2.47. The van der Waals surface area contributed by atoms with Crippen LogP contribution >= 0.6 is 11.6 Å². The number of nitrogens with zero attached hydrogens (tertiary/aromatic N) is 4. The van der Waals surface area contributed by atoms with Crippen LogP contribution in [-0.2, 0) is 20.6 Å². The number of hydrogen-bond acceptors (Lipinski definition) is 6. The minimum Gasteiger partial charge on any atom is -0.489 e. The number of aliphatic hydroxyl groups is 1. The van der Waals surface area contributed by atoms with Crippen LogP contribution in [0.2, 0.25) is 5.02 Å². The second-order valence-corrected chi connectivity index (χ2v) is 6.76. The lowest BCUT2D eigenvalue weighted by Crippen LogP contribution is -2.38. The lowest BCUT2D eigenvalue weighted by Gasteiger charge is -2.16. The van der Waals surface area contributed by atoms with Gasteiger partial charge >= 0.3 is 5.69 Å². The fourth-order valence-electron chi connectivity index (χ4n) is 2.93. The van der Waals surface area contributed by atoms with Crippen molar-refractivity contribution < 1.29 is 9.84 Å². The molecule has 2 heterocycles. The monoisotopic (exact) mass is 407 g/mol. The van der Waals surface area contributed by atoms with E-state index in [0.29, 0.717) is 23.3 Å². The van der Waals surface area contributed by atoms with E-state index in [1.54, 1.807) is 35.9 Å². The number of anilines is 1. The lowest BCUT2D eigenvalue weighted by molar-refractivity contribution is 0.0938. The van der Waals surface area contributed by atoms with Gasteiger partial charge in [-0.15, -0.1) is 0 Å². The number of hydrogen-bond donors (Lipinski definition) is 2. The Morgan fingerprint density at radius 1 is 1.25 bits per heavy atom. The van der Waals surface area contributed by atoms with E-state index >= 15 is 0 Å². The van der Waals surface area contributed by atoms with Gasteiger partial charge in [0.25, 0.3) is 5.56 Å². The molecule has 0 spiro atoms. The van der Waals surface area contributed by atoms with Crippen molar-refractivity contribution in [3.05, 3.63) is 50.1 Å². The summed E-state index contributed by atoms with van der Waals surface area (Å²) >= 11 is 6.06. The number of imidazole rings is 1. The number of ether oxygens (including phenoxy) is 1. The molecule has 10 heteroatoms. The highest BCUT2D eigenvalue weighted by atomic mass is 35.5. The number of aromatic nitrogens is 4. The first-order chi connectivity index (χ1) is 13.3. The third-order valence-electron chi connectivity index (χ3n) is 4.34. The summed E-state index contributed by atoms with van der Waals surface area (Å²) in [5.41, 5.74) is -0.456. The molecule has 1 aromatic carbocycles. The minimum atomic E-state index is -0.937. The molecule has 0 saturated heterocycles. The number of fused-ring (bicyclic) bond motifs is 1. The molecule has 0 aliphatic heterocycles. The molecule has 2 aromatic heterocycles. The number of para-hydroxylation sites is 1. The van der Waals surface area contributed by atoms with Crippen LogP contribution in [0.5, 0.6) is 5.75 Å². The molecule has 3 rings (SSSR count). The second-order valence-electron chi connectivity index (χ2n) is 6.35. The van der Waals surface area contributed by atoms with E-state index in [9.17, 15) is 14.7 Å². The Kier molecular flexibility index (Phi) is 5.76. The topological polar surface area (TPSA) is 103 Å². The molecule has 9 nitrogen and oxygen atoms in total.